The molecule has 3 aliphatic heterocycles. The molecule has 0 aliphatic carbocycles. The highest BCUT2D eigenvalue weighted by Crippen LogP contribution is 2.34. The van der Waals surface area contributed by atoms with Crippen molar-refractivity contribution in [2.75, 3.05) is 6.61 Å². The van der Waals surface area contributed by atoms with Crippen molar-refractivity contribution < 1.29 is 121 Å². The summed E-state index contributed by atoms with van der Waals surface area (Å²) in [5, 5.41) is 80.9. The number of hydrogen-bond donors (Lipinski definition) is 12. The molecule has 3 heterocycles. The average molecular weight is 772 g/mol. The molecule has 0 unspecified atom stereocenters. The van der Waals surface area contributed by atoms with Gasteiger partial charge in [0, 0.05) is 0 Å². The third kappa shape index (κ3) is 9.88. The first-order valence-corrected chi connectivity index (χ1v) is 16.8. The van der Waals surface area contributed by atoms with Gasteiger partial charge in [0.25, 0.3) is 0 Å². The highest BCUT2D eigenvalue weighted by molar-refractivity contribution is 7.83. The van der Waals surface area contributed by atoms with Crippen LogP contribution in [0.2, 0.25) is 0 Å². The van der Waals surface area contributed by atoms with Gasteiger partial charge in [-0.05, 0) is 0 Å². The van der Waals surface area contributed by atoms with Gasteiger partial charge < -0.3 is 64.5 Å². The van der Waals surface area contributed by atoms with Crippen molar-refractivity contribution in [1.29, 1.82) is 0 Å². The van der Waals surface area contributed by atoms with E-state index >= 15 is 0 Å². The molecule has 0 aromatic heterocycles. The highest BCUT2D eigenvalue weighted by atomic mass is 32.3. The van der Waals surface area contributed by atoms with Gasteiger partial charge >= 0.3 is 43.0 Å². The fraction of sp³-hybridized carbons (Fsp3) is 0.889. The van der Waals surface area contributed by atoms with Gasteiger partial charge in [-0.2, -0.15) is 30.0 Å². The molecule has 3 fully saturated rings. The Balaban J connectivity index is 2.01. The second-order valence-corrected chi connectivity index (χ2v) is 13.3. The topological polar surface area (TPSA) is 436 Å². The van der Waals surface area contributed by atoms with E-state index in [0.29, 0.717) is 0 Å². The Hall–Kier alpha value is -1.89. The minimum Gasteiger partial charge on any atom is -0.479 e. The molecule has 48 heavy (non-hydrogen) atoms. The number of hydrogen-bond acceptors (Lipinski definition) is 21. The second kappa shape index (κ2) is 15.2. The van der Waals surface area contributed by atoms with Crippen molar-refractivity contribution in [3.05, 3.63) is 0 Å². The maximum atomic E-state index is 11.8. The van der Waals surface area contributed by atoms with Crippen LogP contribution in [-0.4, -0.2) is 190 Å². The molecule has 0 aromatic carbocycles. The van der Waals surface area contributed by atoms with E-state index in [4.69, 9.17) is 28.1 Å². The Bertz CT molecular complexity index is 1490. The lowest BCUT2D eigenvalue weighted by atomic mass is 9.95. The predicted octanol–water partition coefficient (Wildman–Crippen LogP) is -8.33. The van der Waals surface area contributed by atoms with Gasteiger partial charge in [0.1, 0.15) is 48.8 Å². The fourth-order valence-electron chi connectivity index (χ4n) is 4.79. The van der Waals surface area contributed by atoms with Crippen LogP contribution >= 0.6 is 0 Å². The second-order valence-electron chi connectivity index (χ2n) is 10.0. The smallest absolute Gasteiger partial charge is 0.397 e. The number of carbonyl (C=O) groups is 2. The molecule has 30 heteroatoms. The summed E-state index contributed by atoms with van der Waals surface area (Å²) >= 11 is 0. The monoisotopic (exact) mass is 771 g/mol. The molecule has 0 amide bonds. The minimum atomic E-state index is -5.55. The van der Waals surface area contributed by atoms with Crippen molar-refractivity contribution >= 4 is 43.0 Å². The van der Waals surface area contributed by atoms with Crippen molar-refractivity contribution in [1.82, 2.24) is 4.72 Å². The van der Waals surface area contributed by atoms with Crippen LogP contribution in [0.25, 0.3) is 0 Å². The van der Waals surface area contributed by atoms with Gasteiger partial charge in [-0.3, -0.25) is 13.7 Å². The van der Waals surface area contributed by atoms with Crippen LogP contribution in [0.3, 0.4) is 0 Å². The standard InChI is InChI=1S/C18H29NO26S3/c20-1-2-8(41-18-12(45-48(36,37)38)6(23)5(22)10(43-18)14(25)26)4(21)3(19-46(30,31)32)17(39-2)42-9-7(24)11(44-47(33,34)35)16(29)40-13(9)15(27)28/h2-13,16-24,29H,1H2,(H,25,26)(H,27,28)(H,30,31,32)(H,33,34,35)(H,36,37,38)/t2-,3-,4-,5+,6+,7+,8-,9+,10-,11-,12-,13-,16-,17-,18-/m1/s1. The highest BCUT2D eigenvalue weighted by Gasteiger charge is 2.57. The number of aliphatic hydroxyl groups excluding tert-OH is 6. The van der Waals surface area contributed by atoms with E-state index in [1.807, 2.05) is 0 Å². The predicted molar refractivity (Wildman–Crippen MR) is 136 cm³/mol. The molecular formula is C18H29NO26S3. The summed E-state index contributed by atoms with van der Waals surface area (Å²) in [6.45, 7) is -1.32. The lowest BCUT2D eigenvalue weighted by Gasteiger charge is -2.48. The first kappa shape index (κ1) is 40.5. The number of carboxylic acid groups (broad SMARTS) is 2. The minimum absolute atomic E-state index is 1.32. The summed E-state index contributed by atoms with van der Waals surface area (Å²) in [7, 11) is -16.5. The first-order chi connectivity index (χ1) is 21.8. The van der Waals surface area contributed by atoms with E-state index in [2.05, 4.69) is 13.1 Å². The van der Waals surface area contributed by atoms with Crippen LogP contribution in [0.5, 0.6) is 0 Å². The van der Waals surface area contributed by atoms with Crippen molar-refractivity contribution in [2.45, 2.75) is 92.1 Å². The van der Waals surface area contributed by atoms with Crippen LogP contribution in [0.4, 0.5) is 0 Å². The number of ether oxygens (including phenoxy) is 5. The Kier molecular flexibility index (Phi) is 12.8. The van der Waals surface area contributed by atoms with Gasteiger partial charge in [0.05, 0.1) is 6.61 Å². The van der Waals surface area contributed by atoms with E-state index in [0.717, 1.165) is 0 Å². The lowest BCUT2D eigenvalue weighted by Crippen LogP contribution is -2.70. The first-order valence-electron chi connectivity index (χ1n) is 12.7. The molecule has 3 saturated heterocycles. The number of carboxylic acids is 2. The molecule has 280 valence electrons. The van der Waals surface area contributed by atoms with Crippen LogP contribution in [0.1, 0.15) is 0 Å². The average Bonchev–Trinajstić information content (AvgIpc) is 2.92. The van der Waals surface area contributed by atoms with Crippen LogP contribution in [0.15, 0.2) is 0 Å². The van der Waals surface area contributed by atoms with Crippen molar-refractivity contribution in [2.24, 2.45) is 0 Å². The zero-order valence-corrected chi connectivity index (χ0v) is 25.6. The molecule has 27 nitrogen and oxygen atoms in total. The van der Waals surface area contributed by atoms with E-state index < -0.39 is 142 Å². The van der Waals surface area contributed by atoms with Gasteiger partial charge in [-0.1, -0.05) is 0 Å². The van der Waals surface area contributed by atoms with Crippen molar-refractivity contribution in [3.63, 3.8) is 0 Å². The molecule has 0 radical (unpaired) electrons. The maximum absolute atomic E-state index is 11.8. The van der Waals surface area contributed by atoms with Crippen molar-refractivity contribution in [3.8, 4) is 0 Å². The summed E-state index contributed by atoms with van der Waals surface area (Å²) < 4.78 is 131. The van der Waals surface area contributed by atoms with Gasteiger partial charge in [0.15, 0.2) is 43.3 Å². The Morgan fingerprint density at radius 2 is 1.15 bits per heavy atom. The van der Waals surface area contributed by atoms with E-state index in [1.165, 1.54) is 4.72 Å². The summed E-state index contributed by atoms with van der Waals surface area (Å²) in [6.07, 6.45) is -34.6. The van der Waals surface area contributed by atoms with E-state index in [1.54, 1.807) is 0 Å². The zero-order valence-electron chi connectivity index (χ0n) is 23.1. The maximum Gasteiger partial charge on any atom is 0.397 e. The molecule has 0 spiro atoms. The lowest BCUT2D eigenvalue weighted by molar-refractivity contribution is -0.357. The number of nitrogens with one attached hydrogen (secondary N) is 1. The molecule has 3 aliphatic rings. The largest absolute Gasteiger partial charge is 0.479 e. The number of aliphatic carboxylic acids is 2. The molecule has 12 N–H and O–H groups in total. The molecule has 0 saturated carbocycles. The summed E-state index contributed by atoms with van der Waals surface area (Å²) in [5.41, 5.74) is 0. The molecule has 3 rings (SSSR count). The van der Waals surface area contributed by atoms with Gasteiger partial charge in [-0.25, -0.2) is 18.0 Å². The van der Waals surface area contributed by atoms with Crippen LogP contribution < -0.4 is 4.72 Å². The van der Waals surface area contributed by atoms with Gasteiger partial charge in [0.2, 0.25) is 0 Å². The van der Waals surface area contributed by atoms with E-state index in [-0.39, 0.29) is 0 Å². The van der Waals surface area contributed by atoms with Crippen LogP contribution in [0, 0.1) is 0 Å². The molecule has 0 bridgehead atoms. The number of aliphatic hydroxyl groups is 6. The van der Waals surface area contributed by atoms with E-state index in [9.17, 15) is 80.2 Å². The molecule has 0 aromatic rings. The van der Waals surface area contributed by atoms with Gasteiger partial charge in [-0.15, -0.1) is 0 Å². The normalized spacial score (nSPS) is 41.5. The summed E-state index contributed by atoms with van der Waals surface area (Å²) in [4.78, 5) is 23.4. The SMILES string of the molecule is O=C(O)[C@@H]1O[C@@H](O[C@H]2[C@H](O)[C@@H](NS(=O)(=O)O)[C@@H](O[C@H]3[C@H](O)[C@@H](OS(=O)(=O)O)[C@H](O)O[C@H]3C(=O)O)O[C@@H]2CO)[C@H](OS(=O)(=O)O)[C@@H](O)[C@@H]1O. The Morgan fingerprint density at radius 1 is 0.625 bits per heavy atom. The zero-order chi connectivity index (χ0) is 36.7. The third-order valence-corrected chi connectivity index (χ3v) is 8.26. The summed E-state index contributed by atoms with van der Waals surface area (Å²) in [5.74, 6) is -4.02. The summed E-state index contributed by atoms with van der Waals surface area (Å²) in [6, 6.07) is -2.46. The Labute approximate surface area is 267 Å². The van der Waals surface area contributed by atoms with Crippen LogP contribution in [-0.2, 0) is 72.7 Å². The molecule has 15 atom stereocenters. The third-order valence-electron chi connectivity index (χ3n) is 6.76. The molecular weight excluding hydrogens is 742 g/mol. The quantitative estimate of drug-likeness (QED) is 0.0773. The number of rotatable bonds is 13. The Morgan fingerprint density at radius 3 is 1.62 bits per heavy atom. The fourth-order valence-corrected chi connectivity index (χ4v) is 6.36.